The summed E-state index contributed by atoms with van der Waals surface area (Å²) in [6.45, 7) is 2.37. The number of ketones is 2. The smallest absolute Gasteiger partial charge is 0.181 e. The van der Waals surface area contributed by atoms with Crippen molar-refractivity contribution >= 4 is 23.2 Å². The van der Waals surface area contributed by atoms with Gasteiger partial charge in [-0.2, -0.15) is 0 Å². The Morgan fingerprint density at radius 1 is 1.14 bits per heavy atom. The fourth-order valence-electron chi connectivity index (χ4n) is 3.97. The maximum Gasteiger partial charge on any atom is 0.181 e. The van der Waals surface area contributed by atoms with Crippen molar-refractivity contribution in [2.75, 3.05) is 26.9 Å². The van der Waals surface area contributed by atoms with E-state index in [0.29, 0.717) is 40.7 Å². The van der Waals surface area contributed by atoms with Crippen molar-refractivity contribution in [3.63, 3.8) is 0 Å². The second kappa shape index (κ2) is 11.1. The lowest BCUT2D eigenvalue weighted by Crippen LogP contribution is -2.09. The number of pyridine rings is 1. The van der Waals surface area contributed by atoms with E-state index in [-0.39, 0.29) is 54.3 Å². The molecule has 1 N–H and O–H groups in total. The lowest BCUT2D eigenvalue weighted by Gasteiger charge is -2.12. The Hall–Kier alpha value is -3.49. The number of carbonyl (C=O) groups is 2. The molecular formula is C27H25ClFNO6. The van der Waals surface area contributed by atoms with Gasteiger partial charge in [0, 0.05) is 35.4 Å². The normalized spacial score (nSPS) is 14.2. The Morgan fingerprint density at radius 3 is 2.64 bits per heavy atom. The molecule has 4 rings (SSSR count). The van der Waals surface area contributed by atoms with Gasteiger partial charge in [0.1, 0.15) is 29.6 Å². The number of Topliss-reactive ketones (excluding diaryl/α,β-unsaturated/α-hetero) is 2. The SMILES string of the molecule is COc1cc(C(=O)CCC(=O)c2cc3c(c(-c4ccc(F)c(Cl)c4)n2)OCC3C)ccc1OCCO. The summed E-state index contributed by atoms with van der Waals surface area (Å²) >= 11 is 5.97. The van der Waals surface area contributed by atoms with E-state index in [4.69, 9.17) is 30.9 Å². The van der Waals surface area contributed by atoms with Crippen LogP contribution < -0.4 is 14.2 Å². The fourth-order valence-corrected chi connectivity index (χ4v) is 4.15. The Kier molecular flexibility index (Phi) is 7.86. The van der Waals surface area contributed by atoms with Gasteiger partial charge >= 0.3 is 0 Å². The van der Waals surface area contributed by atoms with E-state index in [1.54, 1.807) is 24.3 Å². The summed E-state index contributed by atoms with van der Waals surface area (Å²) in [5.41, 5.74) is 2.37. The van der Waals surface area contributed by atoms with Gasteiger partial charge in [-0.25, -0.2) is 9.37 Å². The van der Waals surface area contributed by atoms with Crippen molar-refractivity contribution in [3.05, 3.63) is 70.1 Å². The van der Waals surface area contributed by atoms with E-state index in [1.165, 1.54) is 25.3 Å². The first kappa shape index (κ1) is 25.6. The van der Waals surface area contributed by atoms with Crippen LogP contribution >= 0.6 is 11.6 Å². The number of hydrogen-bond acceptors (Lipinski definition) is 7. The molecule has 1 unspecified atom stereocenters. The van der Waals surface area contributed by atoms with Crippen LogP contribution in [0, 0.1) is 5.82 Å². The number of carbonyl (C=O) groups excluding carboxylic acids is 2. The van der Waals surface area contributed by atoms with Crippen molar-refractivity contribution in [2.24, 2.45) is 0 Å². The summed E-state index contributed by atoms with van der Waals surface area (Å²) in [4.78, 5) is 30.4. The van der Waals surface area contributed by atoms with Crippen LogP contribution in [-0.2, 0) is 0 Å². The molecule has 36 heavy (non-hydrogen) atoms. The summed E-state index contributed by atoms with van der Waals surface area (Å²) in [6.07, 6.45) is -0.0735. The first-order chi connectivity index (χ1) is 17.3. The molecule has 1 aromatic heterocycles. The van der Waals surface area contributed by atoms with Crippen molar-refractivity contribution in [1.29, 1.82) is 0 Å². The number of aliphatic hydroxyl groups excluding tert-OH is 1. The highest BCUT2D eigenvalue weighted by Crippen LogP contribution is 2.41. The van der Waals surface area contributed by atoms with Crippen molar-refractivity contribution in [2.45, 2.75) is 25.7 Å². The van der Waals surface area contributed by atoms with Crippen LogP contribution in [0.1, 0.15) is 52.1 Å². The van der Waals surface area contributed by atoms with Gasteiger partial charge < -0.3 is 19.3 Å². The van der Waals surface area contributed by atoms with Gasteiger partial charge in [-0.05, 0) is 42.5 Å². The molecule has 0 saturated heterocycles. The molecule has 2 heterocycles. The zero-order valence-corrected chi connectivity index (χ0v) is 20.6. The standard InChI is InChI=1S/C27H25ClFNO6/c1-15-14-36-27-18(15)13-21(30-26(27)17-3-5-20(29)19(28)11-17)23(33)7-6-22(32)16-4-8-24(35-10-9-31)25(12-16)34-2/h3-5,8,11-13,15,31H,6-7,9-10,14H2,1-2H3. The Balaban J connectivity index is 1.54. The molecule has 1 atom stereocenters. The predicted molar refractivity (Wildman–Crippen MR) is 132 cm³/mol. The van der Waals surface area contributed by atoms with E-state index >= 15 is 0 Å². The lowest BCUT2D eigenvalue weighted by atomic mass is 9.97. The summed E-state index contributed by atoms with van der Waals surface area (Å²) < 4.78 is 30.2. The molecule has 0 bridgehead atoms. The van der Waals surface area contributed by atoms with E-state index in [9.17, 15) is 14.0 Å². The number of methoxy groups -OCH3 is 1. The number of aromatic nitrogens is 1. The van der Waals surface area contributed by atoms with Crippen LogP contribution in [-0.4, -0.2) is 48.6 Å². The van der Waals surface area contributed by atoms with Gasteiger partial charge in [0.2, 0.25) is 0 Å². The summed E-state index contributed by atoms with van der Waals surface area (Å²) in [7, 11) is 1.45. The van der Waals surface area contributed by atoms with Gasteiger partial charge in [-0.1, -0.05) is 18.5 Å². The fraction of sp³-hybridized carbons (Fsp3) is 0.296. The Bertz CT molecular complexity index is 1310. The van der Waals surface area contributed by atoms with E-state index in [2.05, 4.69) is 4.98 Å². The Morgan fingerprint density at radius 2 is 1.92 bits per heavy atom. The Labute approximate surface area is 212 Å². The number of ether oxygens (including phenoxy) is 3. The van der Waals surface area contributed by atoms with Gasteiger partial charge in [0.25, 0.3) is 0 Å². The first-order valence-corrected chi connectivity index (χ1v) is 11.8. The maximum atomic E-state index is 13.7. The average molecular weight is 514 g/mol. The van der Waals surface area contributed by atoms with Gasteiger partial charge in [-0.3, -0.25) is 9.59 Å². The van der Waals surface area contributed by atoms with Crippen LogP contribution in [0.15, 0.2) is 42.5 Å². The third-order valence-corrected chi connectivity index (χ3v) is 6.19. The third-order valence-electron chi connectivity index (χ3n) is 5.90. The molecule has 0 amide bonds. The van der Waals surface area contributed by atoms with Crippen LogP contribution in [0.3, 0.4) is 0 Å². The molecule has 2 aromatic carbocycles. The van der Waals surface area contributed by atoms with Gasteiger partial charge in [0.05, 0.1) is 25.3 Å². The molecular weight excluding hydrogens is 489 g/mol. The highest BCUT2D eigenvalue weighted by atomic mass is 35.5. The van der Waals surface area contributed by atoms with Gasteiger partial charge in [-0.15, -0.1) is 0 Å². The van der Waals surface area contributed by atoms with Crippen LogP contribution in [0.5, 0.6) is 17.2 Å². The molecule has 7 nitrogen and oxygen atoms in total. The van der Waals surface area contributed by atoms with Gasteiger partial charge in [0.15, 0.2) is 23.1 Å². The number of rotatable bonds is 10. The van der Waals surface area contributed by atoms with E-state index < -0.39 is 5.82 Å². The minimum atomic E-state index is -0.554. The minimum Gasteiger partial charge on any atom is -0.493 e. The zero-order valence-electron chi connectivity index (χ0n) is 19.8. The summed E-state index contributed by atoms with van der Waals surface area (Å²) in [5, 5.41) is 8.88. The highest BCUT2D eigenvalue weighted by molar-refractivity contribution is 6.31. The summed E-state index contributed by atoms with van der Waals surface area (Å²) in [5.74, 6) is 0.275. The van der Waals surface area contributed by atoms with E-state index in [1.807, 2.05) is 6.92 Å². The monoisotopic (exact) mass is 513 g/mol. The predicted octanol–water partition coefficient (Wildman–Crippen LogP) is 5.26. The molecule has 0 radical (unpaired) electrons. The number of nitrogens with zero attached hydrogens (tertiary/aromatic N) is 1. The van der Waals surface area contributed by atoms with Crippen molar-refractivity contribution in [3.8, 4) is 28.5 Å². The highest BCUT2D eigenvalue weighted by Gasteiger charge is 2.28. The molecule has 1 aliphatic heterocycles. The number of aliphatic hydroxyl groups is 1. The third kappa shape index (κ3) is 5.34. The molecule has 1 aliphatic rings. The molecule has 0 spiro atoms. The quantitative estimate of drug-likeness (QED) is 0.369. The first-order valence-electron chi connectivity index (χ1n) is 11.4. The average Bonchev–Trinajstić information content (AvgIpc) is 3.27. The topological polar surface area (TPSA) is 95.0 Å². The van der Waals surface area contributed by atoms with Crippen molar-refractivity contribution in [1.82, 2.24) is 4.98 Å². The second-order valence-corrected chi connectivity index (χ2v) is 8.81. The minimum absolute atomic E-state index is 0.0264. The summed E-state index contributed by atoms with van der Waals surface area (Å²) in [6, 6.07) is 10.7. The number of halogens is 2. The molecule has 9 heteroatoms. The maximum absolute atomic E-state index is 13.7. The number of fused-ring (bicyclic) bond motifs is 1. The van der Waals surface area contributed by atoms with Crippen LogP contribution in [0.4, 0.5) is 4.39 Å². The molecule has 188 valence electrons. The largest absolute Gasteiger partial charge is 0.493 e. The number of hydrogen-bond donors (Lipinski definition) is 1. The van der Waals surface area contributed by atoms with Crippen LogP contribution in [0.25, 0.3) is 11.3 Å². The van der Waals surface area contributed by atoms with Crippen LogP contribution in [0.2, 0.25) is 5.02 Å². The second-order valence-electron chi connectivity index (χ2n) is 8.40. The van der Waals surface area contributed by atoms with E-state index in [0.717, 1.165) is 5.56 Å². The lowest BCUT2D eigenvalue weighted by molar-refractivity contribution is 0.0914. The zero-order chi connectivity index (χ0) is 25.8. The molecule has 0 saturated carbocycles. The molecule has 0 fully saturated rings. The molecule has 0 aliphatic carbocycles. The van der Waals surface area contributed by atoms with Crippen molar-refractivity contribution < 1.29 is 33.3 Å². The number of benzene rings is 2. The molecule has 3 aromatic rings.